The highest BCUT2D eigenvalue weighted by molar-refractivity contribution is 5.96. The van der Waals surface area contributed by atoms with Gasteiger partial charge in [-0.2, -0.15) is 0 Å². The molecule has 0 saturated carbocycles. The number of hydrogen-bond donors (Lipinski definition) is 0. The summed E-state index contributed by atoms with van der Waals surface area (Å²) in [6.07, 6.45) is 7.32. The maximum Gasteiger partial charge on any atom is 0.277 e. The molecule has 2 bridgehead atoms. The van der Waals surface area contributed by atoms with Gasteiger partial charge in [-0.15, -0.1) is 0 Å². The van der Waals surface area contributed by atoms with Crippen molar-refractivity contribution in [3.8, 4) is 11.5 Å². The lowest BCUT2D eigenvalue weighted by Crippen LogP contribution is -2.55. The Morgan fingerprint density at radius 2 is 1.55 bits per heavy atom. The van der Waals surface area contributed by atoms with Crippen LogP contribution >= 0.6 is 0 Å². The van der Waals surface area contributed by atoms with Gasteiger partial charge in [-0.05, 0) is 30.0 Å². The number of ether oxygens (including phenoxy) is 2. The van der Waals surface area contributed by atoms with Gasteiger partial charge in [0.05, 0.1) is 6.61 Å². The van der Waals surface area contributed by atoms with E-state index >= 15 is 0 Å². The molecule has 4 aromatic rings. The number of rotatable bonds is 4. The van der Waals surface area contributed by atoms with Crippen molar-refractivity contribution in [2.24, 2.45) is 0 Å². The monoisotopic (exact) mass is 533 g/mol. The summed E-state index contributed by atoms with van der Waals surface area (Å²) in [5.41, 5.74) is 2.83. The van der Waals surface area contributed by atoms with Crippen molar-refractivity contribution in [2.45, 2.75) is 25.5 Å². The fourth-order valence-electron chi connectivity index (χ4n) is 5.31. The maximum absolute atomic E-state index is 14.0. The van der Waals surface area contributed by atoms with E-state index in [1.165, 1.54) is 6.07 Å². The molecule has 1 aromatic heterocycles. The van der Waals surface area contributed by atoms with Gasteiger partial charge >= 0.3 is 0 Å². The van der Waals surface area contributed by atoms with Crippen LogP contribution in [-0.4, -0.2) is 35.3 Å². The second kappa shape index (κ2) is 11.5. The molecule has 6 rings (SSSR count). The molecule has 0 spiro atoms. The topological polar surface area (TPSA) is 64.0 Å². The fourth-order valence-corrected chi connectivity index (χ4v) is 5.31. The summed E-state index contributed by atoms with van der Waals surface area (Å²) < 4.78 is 14.2. The Bertz CT molecular complexity index is 1570. The minimum atomic E-state index is -0.324. The molecule has 7 nitrogen and oxygen atoms in total. The van der Waals surface area contributed by atoms with Crippen LogP contribution in [0.15, 0.2) is 114 Å². The summed E-state index contributed by atoms with van der Waals surface area (Å²) in [7, 11) is 0. The number of nitrogens with zero attached hydrogens (tertiary/aromatic N) is 3. The molecule has 2 aliphatic heterocycles. The summed E-state index contributed by atoms with van der Waals surface area (Å²) >= 11 is 0. The Kier molecular flexibility index (Phi) is 7.35. The second-order valence-corrected chi connectivity index (χ2v) is 9.87. The normalized spacial score (nSPS) is 17.8. The SMILES string of the molecule is O=C1c2c(OCc3ccccc3)c(=O)ccn2N2CN1CC/C=C\CCOc1ccccc1[C@H]2c1ccccc1. The van der Waals surface area contributed by atoms with Crippen LogP contribution in [0.2, 0.25) is 0 Å². The first-order chi connectivity index (χ1) is 19.7. The van der Waals surface area contributed by atoms with Gasteiger partial charge in [-0.3, -0.25) is 19.3 Å². The Balaban J connectivity index is 1.53. The van der Waals surface area contributed by atoms with Gasteiger partial charge in [0.1, 0.15) is 25.1 Å². The Morgan fingerprint density at radius 3 is 2.38 bits per heavy atom. The number of hydrogen-bond acceptors (Lipinski definition) is 5. The van der Waals surface area contributed by atoms with E-state index in [0.717, 1.165) is 28.9 Å². The van der Waals surface area contributed by atoms with Crippen LogP contribution in [0.4, 0.5) is 0 Å². The van der Waals surface area contributed by atoms with E-state index < -0.39 is 0 Å². The highest BCUT2D eigenvalue weighted by Crippen LogP contribution is 2.37. The lowest BCUT2D eigenvalue weighted by Gasteiger charge is -2.44. The Labute approximate surface area is 233 Å². The van der Waals surface area contributed by atoms with Crippen molar-refractivity contribution < 1.29 is 14.3 Å². The summed E-state index contributed by atoms with van der Waals surface area (Å²) in [6, 6.07) is 29.0. The number of carbonyl (C=O) groups is 1. The number of aromatic nitrogens is 1. The molecule has 3 heterocycles. The van der Waals surface area contributed by atoms with Crippen molar-refractivity contribution in [2.75, 3.05) is 24.8 Å². The number of benzene rings is 3. The number of carbonyl (C=O) groups excluding carboxylic acids is 1. The van der Waals surface area contributed by atoms with Crippen LogP contribution < -0.4 is 19.9 Å². The average molecular weight is 534 g/mol. The van der Waals surface area contributed by atoms with Crippen LogP contribution in [-0.2, 0) is 6.61 Å². The molecule has 0 aliphatic carbocycles. The first-order valence-electron chi connectivity index (χ1n) is 13.6. The summed E-state index contributed by atoms with van der Waals surface area (Å²) in [4.78, 5) is 29.0. The van der Waals surface area contributed by atoms with Crippen molar-refractivity contribution in [1.82, 2.24) is 9.58 Å². The second-order valence-electron chi connectivity index (χ2n) is 9.87. The number of para-hydroxylation sites is 1. The first kappa shape index (κ1) is 25.5. The molecule has 0 radical (unpaired) electrons. The Hall–Kier alpha value is -4.78. The predicted octanol–water partition coefficient (Wildman–Crippen LogP) is 5.30. The molecule has 7 heteroatoms. The van der Waals surface area contributed by atoms with Gasteiger partial charge in [0.15, 0.2) is 11.4 Å². The average Bonchev–Trinajstić information content (AvgIpc) is 3.00. The molecule has 2 aliphatic rings. The molecule has 1 amide bonds. The van der Waals surface area contributed by atoms with Crippen molar-refractivity contribution in [1.29, 1.82) is 0 Å². The van der Waals surface area contributed by atoms with E-state index in [9.17, 15) is 9.59 Å². The summed E-state index contributed by atoms with van der Waals surface area (Å²) in [5, 5.41) is 2.12. The van der Waals surface area contributed by atoms with Crippen LogP contribution in [0.5, 0.6) is 11.5 Å². The van der Waals surface area contributed by atoms with E-state index in [1.54, 1.807) is 15.8 Å². The van der Waals surface area contributed by atoms with Gasteiger partial charge < -0.3 is 14.4 Å². The number of fused-ring (bicyclic) bond motifs is 5. The lowest BCUT2D eigenvalue weighted by atomic mass is 9.97. The van der Waals surface area contributed by atoms with Crippen LogP contribution in [0.1, 0.15) is 46.1 Å². The van der Waals surface area contributed by atoms with E-state index in [2.05, 4.69) is 35.4 Å². The van der Waals surface area contributed by atoms with Gasteiger partial charge in [-0.25, -0.2) is 0 Å². The van der Waals surface area contributed by atoms with E-state index in [1.807, 2.05) is 66.7 Å². The third-order valence-electron chi connectivity index (χ3n) is 7.24. The Morgan fingerprint density at radius 1 is 0.825 bits per heavy atom. The molecule has 0 saturated heterocycles. The third kappa shape index (κ3) is 5.10. The molecule has 0 unspecified atom stereocenters. The molecule has 0 fully saturated rings. The molecule has 0 N–H and O–H groups in total. The molecule has 3 aromatic carbocycles. The quantitative estimate of drug-likeness (QED) is 0.333. The summed E-state index contributed by atoms with van der Waals surface area (Å²) in [6.45, 7) is 1.58. The van der Waals surface area contributed by atoms with Gasteiger partial charge in [0.25, 0.3) is 5.91 Å². The molecule has 1 atom stereocenters. The van der Waals surface area contributed by atoms with Crippen LogP contribution in [0.25, 0.3) is 0 Å². The fraction of sp³-hybridized carbons (Fsp3) is 0.212. The standard InChI is InChI=1S/C33H31N3O4/c37-28-19-21-35-31(32(28)40-23-25-13-5-3-6-14-25)33(38)34-20-11-1-2-12-22-39-29-18-10-9-17-27(29)30(36(35)24-34)26-15-7-4-8-16-26/h1-10,13-19,21,30H,11-12,20,22-24H2/b2-1-/t30-/m1/s1. The molecule has 40 heavy (non-hydrogen) atoms. The van der Waals surface area contributed by atoms with Gasteiger partial charge in [0.2, 0.25) is 5.43 Å². The predicted molar refractivity (Wildman–Crippen MR) is 154 cm³/mol. The highest BCUT2D eigenvalue weighted by atomic mass is 16.5. The van der Waals surface area contributed by atoms with E-state index in [4.69, 9.17) is 9.47 Å². The largest absolute Gasteiger partial charge is 0.493 e. The van der Waals surface area contributed by atoms with Crippen molar-refractivity contribution >= 4 is 5.91 Å². The lowest BCUT2D eigenvalue weighted by molar-refractivity contribution is 0.0679. The smallest absolute Gasteiger partial charge is 0.277 e. The van der Waals surface area contributed by atoms with Crippen LogP contribution in [0.3, 0.4) is 0 Å². The highest BCUT2D eigenvalue weighted by Gasteiger charge is 2.37. The zero-order valence-corrected chi connectivity index (χ0v) is 22.2. The number of pyridine rings is 1. The van der Waals surface area contributed by atoms with Crippen LogP contribution in [0, 0.1) is 0 Å². The number of amides is 1. The van der Waals surface area contributed by atoms with Crippen molar-refractivity contribution in [3.05, 3.63) is 142 Å². The molecular formula is C33H31N3O4. The summed E-state index contributed by atoms with van der Waals surface area (Å²) in [5.74, 6) is 0.620. The van der Waals surface area contributed by atoms with E-state index in [-0.39, 0.29) is 35.4 Å². The van der Waals surface area contributed by atoms with Crippen molar-refractivity contribution in [3.63, 3.8) is 0 Å². The minimum Gasteiger partial charge on any atom is -0.493 e. The maximum atomic E-state index is 14.0. The van der Waals surface area contributed by atoms with Gasteiger partial charge in [-0.1, -0.05) is 91.0 Å². The first-order valence-corrected chi connectivity index (χ1v) is 13.6. The van der Waals surface area contributed by atoms with E-state index in [0.29, 0.717) is 26.2 Å². The zero-order valence-electron chi connectivity index (χ0n) is 22.2. The van der Waals surface area contributed by atoms with Gasteiger partial charge in [0, 0.05) is 24.4 Å². The third-order valence-corrected chi connectivity index (χ3v) is 7.24. The zero-order chi connectivity index (χ0) is 27.3. The minimum absolute atomic E-state index is 0.0576. The molecule has 202 valence electrons. The molecular weight excluding hydrogens is 502 g/mol.